The number of rotatable bonds is 5. The van der Waals surface area contributed by atoms with Gasteiger partial charge in [0.25, 0.3) is 20.2 Å². The van der Waals surface area contributed by atoms with Crippen LogP contribution in [0.1, 0.15) is 33.4 Å². The number of fused-ring (bicyclic) bond motifs is 2. The Hall–Kier alpha value is -5.10. The molecule has 4 aromatic carbocycles. The van der Waals surface area contributed by atoms with Crippen LogP contribution in [0.2, 0.25) is 0 Å². The monoisotopic (exact) mass is 688 g/mol. The van der Waals surface area contributed by atoms with Crippen LogP contribution in [-0.4, -0.2) is 71.2 Å². The fourth-order valence-corrected chi connectivity index (χ4v) is 9.42. The van der Waals surface area contributed by atoms with Crippen molar-refractivity contribution in [2.75, 3.05) is 0 Å². The lowest BCUT2D eigenvalue weighted by atomic mass is 9.73. The molecule has 0 aliphatic heterocycles. The maximum atomic E-state index is 13.2. The van der Waals surface area contributed by atoms with Crippen LogP contribution < -0.4 is 11.7 Å². The van der Waals surface area contributed by atoms with Crippen molar-refractivity contribution in [3.63, 3.8) is 0 Å². The molecule has 0 bridgehead atoms. The molecule has 0 aromatic heterocycles. The van der Waals surface area contributed by atoms with Crippen molar-refractivity contribution < 1.29 is 36.2 Å². The first-order valence-corrected chi connectivity index (χ1v) is 17.0. The van der Waals surface area contributed by atoms with Crippen molar-refractivity contribution in [2.24, 2.45) is 21.9 Å². The van der Waals surface area contributed by atoms with Gasteiger partial charge in [-0.15, -0.1) is 0 Å². The Labute approximate surface area is 274 Å². The van der Waals surface area contributed by atoms with Gasteiger partial charge in [-0.3, -0.25) is 19.9 Å². The predicted octanol–water partition coefficient (Wildman–Crippen LogP) is 1.73. The van der Waals surface area contributed by atoms with E-state index in [2.05, 4.69) is 10.2 Å². The molecule has 6 rings (SSSR count). The number of aliphatic hydroxyl groups excluding tert-OH is 2. The van der Waals surface area contributed by atoms with E-state index in [9.17, 15) is 36.2 Å². The van der Waals surface area contributed by atoms with Gasteiger partial charge in [-0.1, -0.05) is 97.1 Å². The summed E-state index contributed by atoms with van der Waals surface area (Å²) in [5, 5.41) is 46.5. The topological polar surface area (TPSA) is 274 Å². The van der Waals surface area contributed by atoms with E-state index in [1.807, 2.05) is 0 Å². The van der Waals surface area contributed by atoms with E-state index in [-0.39, 0.29) is 44.8 Å². The van der Waals surface area contributed by atoms with Gasteiger partial charge in [-0.25, -0.2) is 0 Å². The fraction of sp³-hybridized carbons (Fsp3) is 0.125. The van der Waals surface area contributed by atoms with Gasteiger partial charge >= 0.3 is 0 Å². The summed E-state index contributed by atoms with van der Waals surface area (Å²) in [7, 11) is -10.3. The second-order valence-corrected chi connectivity index (χ2v) is 14.4. The Balaban J connectivity index is 1.48. The van der Waals surface area contributed by atoms with E-state index in [0.29, 0.717) is 11.1 Å². The third-order valence-corrected chi connectivity index (χ3v) is 12.0. The molecule has 10 N–H and O–H groups in total. The third kappa shape index (κ3) is 4.31. The molecular weight excluding hydrogens is 661 g/mol. The molecule has 4 unspecified atom stereocenters. The highest BCUT2D eigenvalue weighted by atomic mass is 32.2. The molecule has 2 aliphatic rings. The SMILES string of the molecule is N=C1C(=NN)C(O)C(c2ccc(-c3ccc(C4(S(=O)(=O)O)c5ccccc5C(=N)C(=NN)C4O)cc3)cc2)(S(=O)(=O)O)c2ccccc21. The maximum absolute atomic E-state index is 13.2. The van der Waals surface area contributed by atoms with Crippen LogP contribution in [-0.2, 0) is 29.7 Å². The smallest absolute Gasteiger partial charge is 0.282 e. The summed E-state index contributed by atoms with van der Waals surface area (Å²) in [5.74, 6) is 10.9. The van der Waals surface area contributed by atoms with Gasteiger partial charge in [0.1, 0.15) is 23.6 Å². The Bertz CT molecular complexity index is 2130. The summed E-state index contributed by atoms with van der Waals surface area (Å²) in [6, 6.07) is 23.3. The van der Waals surface area contributed by atoms with E-state index >= 15 is 0 Å². The van der Waals surface area contributed by atoms with Crippen LogP contribution in [0, 0.1) is 10.8 Å². The maximum Gasteiger partial charge on any atom is 0.282 e. The molecule has 0 radical (unpaired) electrons. The molecule has 4 atom stereocenters. The average molecular weight is 689 g/mol. The minimum absolute atomic E-state index is 0.0511. The van der Waals surface area contributed by atoms with Crippen LogP contribution in [0.4, 0.5) is 0 Å². The van der Waals surface area contributed by atoms with Crippen molar-refractivity contribution in [3.8, 4) is 11.1 Å². The number of hydrogen-bond donors (Lipinski definition) is 8. The first-order valence-electron chi connectivity index (χ1n) is 14.1. The molecule has 2 aliphatic carbocycles. The van der Waals surface area contributed by atoms with E-state index in [0.717, 1.165) is 0 Å². The van der Waals surface area contributed by atoms with Crippen LogP contribution in [0.5, 0.6) is 0 Å². The first kappa shape index (κ1) is 32.8. The van der Waals surface area contributed by atoms with Crippen LogP contribution in [0.25, 0.3) is 11.1 Å². The number of nitrogens with zero attached hydrogens (tertiary/aromatic N) is 2. The molecule has 0 fully saturated rings. The predicted molar refractivity (Wildman–Crippen MR) is 178 cm³/mol. The van der Waals surface area contributed by atoms with Gasteiger partial charge in [0.15, 0.2) is 9.49 Å². The number of aliphatic hydroxyl groups is 2. The van der Waals surface area contributed by atoms with E-state index in [1.165, 1.54) is 84.9 Å². The Morgan fingerprint density at radius 1 is 0.562 bits per heavy atom. The largest absolute Gasteiger partial charge is 0.384 e. The number of hydrazone groups is 2. The summed E-state index contributed by atoms with van der Waals surface area (Å²) >= 11 is 0. The standard InChI is InChI=1S/C32H28N6O8S2/c33-25-21-5-1-3-7-23(21)31(47(41,42)43,29(39)27(25)37-35)19-13-9-17(10-14-19)18-11-15-20(16-12-18)32(48(44,45)46)24-8-4-2-6-22(24)26(34)28(38-36)30(32)40/h1-16,29-30,33-34,39-40H,35-36H2,(H,41,42,43)(H,44,45,46). The van der Waals surface area contributed by atoms with Crippen LogP contribution in [0.3, 0.4) is 0 Å². The molecule has 48 heavy (non-hydrogen) atoms. The lowest BCUT2D eigenvalue weighted by Gasteiger charge is -2.41. The summed E-state index contributed by atoms with van der Waals surface area (Å²) in [6.45, 7) is 0. The van der Waals surface area contributed by atoms with Crippen molar-refractivity contribution in [3.05, 3.63) is 130 Å². The van der Waals surface area contributed by atoms with Crippen LogP contribution >= 0.6 is 0 Å². The Kier molecular flexibility index (Phi) is 7.70. The first-order chi connectivity index (χ1) is 22.7. The van der Waals surface area contributed by atoms with Gasteiger partial charge in [0.05, 0.1) is 11.4 Å². The molecule has 16 heteroatoms. The van der Waals surface area contributed by atoms with E-state index < -0.39 is 53.4 Å². The molecule has 0 spiro atoms. The van der Waals surface area contributed by atoms with Gasteiger partial charge in [-0.05, 0) is 33.4 Å². The zero-order valence-corrected chi connectivity index (χ0v) is 26.3. The van der Waals surface area contributed by atoms with Crippen LogP contribution in [0.15, 0.2) is 107 Å². The molecule has 0 saturated carbocycles. The zero-order chi connectivity index (χ0) is 34.8. The molecule has 0 amide bonds. The van der Waals surface area contributed by atoms with Crippen molar-refractivity contribution >= 4 is 43.1 Å². The summed E-state index contributed by atoms with van der Waals surface area (Å²) < 4.78 is 69.1. The number of benzene rings is 4. The minimum atomic E-state index is -5.15. The second-order valence-electron chi connectivity index (χ2n) is 11.3. The van der Waals surface area contributed by atoms with Crippen molar-refractivity contribution in [2.45, 2.75) is 21.7 Å². The normalized spacial score (nSPS) is 25.9. The van der Waals surface area contributed by atoms with E-state index in [1.54, 1.807) is 12.1 Å². The summed E-state index contributed by atoms with van der Waals surface area (Å²) in [6.07, 6.45) is -4.09. The lowest BCUT2D eigenvalue weighted by molar-refractivity contribution is 0.196. The van der Waals surface area contributed by atoms with Crippen molar-refractivity contribution in [1.82, 2.24) is 0 Å². The number of hydrogen-bond acceptors (Lipinski definition) is 12. The number of nitrogens with two attached hydrogens (primary N) is 2. The third-order valence-electron chi connectivity index (χ3n) is 9.05. The van der Waals surface area contributed by atoms with Gasteiger partial charge < -0.3 is 21.9 Å². The highest BCUT2D eigenvalue weighted by Crippen LogP contribution is 2.48. The summed E-state index contributed by atoms with van der Waals surface area (Å²) in [4.78, 5) is 0. The van der Waals surface area contributed by atoms with Gasteiger partial charge in [0, 0.05) is 11.1 Å². The quantitative estimate of drug-likeness (QED) is 0.0854. The van der Waals surface area contributed by atoms with Crippen molar-refractivity contribution in [1.29, 1.82) is 10.8 Å². The highest BCUT2D eigenvalue weighted by molar-refractivity contribution is 7.87. The molecule has 246 valence electrons. The Morgan fingerprint density at radius 2 is 0.875 bits per heavy atom. The lowest BCUT2D eigenvalue weighted by Crippen LogP contribution is -2.57. The zero-order valence-electron chi connectivity index (χ0n) is 24.7. The summed E-state index contributed by atoms with van der Waals surface area (Å²) in [5.41, 5.74) is -0.510. The van der Waals surface area contributed by atoms with E-state index in [4.69, 9.17) is 22.5 Å². The van der Waals surface area contributed by atoms with Gasteiger partial charge in [0.2, 0.25) is 0 Å². The van der Waals surface area contributed by atoms with Gasteiger partial charge in [-0.2, -0.15) is 27.0 Å². The highest BCUT2D eigenvalue weighted by Gasteiger charge is 2.60. The second kappa shape index (κ2) is 11.3. The molecular formula is C32H28N6O8S2. The minimum Gasteiger partial charge on any atom is -0.384 e. The average Bonchev–Trinajstić information content (AvgIpc) is 3.05. The fourth-order valence-electron chi connectivity index (χ4n) is 6.85. The molecule has 0 heterocycles. The molecule has 14 nitrogen and oxygen atoms in total. The molecule has 4 aromatic rings. The Morgan fingerprint density at radius 3 is 1.17 bits per heavy atom. The number of nitrogens with one attached hydrogen (secondary N) is 2. The molecule has 0 saturated heterocycles.